The quantitative estimate of drug-likeness (QED) is 0.624. The highest BCUT2D eigenvalue weighted by Gasteiger charge is 2.29. The number of hydrogen-bond acceptors (Lipinski definition) is 6. The second kappa shape index (κ2) is 8.99. The molecule has 1 amide bonds. The van der Waals surface area contributed by atoms with Crippen molar-refractivity contribution in [3.8, 4) is 17.4 Å². The molecule has 0 unspecified atom stereocenters. The van der Waals surface area contributed by atoms with E-state index in [0.717, 1.165) is 11.6 Å². The largest absolute Gasteiger partial charge is 0.497 e. The number of amides is 1. The Labute approximate surface area is 180 Å². The summed E-state index contributed by atoms with van der Waals surface area (Å²) in [7, 11) is 1.61. The number of ether oxygens (including phenoxy) is 2. The second-order valence-corrected chi connectivity index (χ2v) is 7.30. The van der Waals surface area contributed by atoms with E-state index in [9.17, 15) is 9.18 Å². The number of carbonyl (C=O) groups excluding carboxylic acids is 1. The van der Waals surface area contributed by atoms with Crippen molar-refractivity contribution in [2.24, 2.45) is 0 Å². The van der Waals surface area contributed by atoms with Gasteiger partial charge < -0.3 is 19.3 Å². The maximum atomic E-state index is 13.5. The lowest BCUT2D eigenvalue weighted by atomic mass is 10.1. The SMILES string of the molecule is COc1ccc(Oc2cc(N3CCN(C(=O)c4cccc(F)c4)[C@H](C)C3)ncn2)cc1. The molecule has 2 aromatic carbocycles. The third-order valence-corrected chi connectivity index (χ3v) is 5.19. The summed E-state index contributed by atoms with van der Waals surface area (Å²) in [6.45, 7) is 3.68. The number of methoxy groups -OCH3 is 1. The molecule has 160 valence electrons. The van der Waals surface area contributed by atoms with Gasteiger partial charge in [-0.25, -0.2) is 14.4 Å². The molecule has 0 N–H and O–H groups in total. The number of rotatable bonds is 5. The van der Waals surface area contributed by atoms with Crippen LogP contribution in [0.5, 0.6) is 17.4 Å². The van der Waals surface area contributed by atoms with Crippen LogP contribution in [0.4, 0.5) is 10.2 Å². The van der Waals surface area contributed by atoms with Crippen molar-refractivity contribution in [2.75, 3.05) is 31.6 Å². The smallest absolute Gasteiger partial charge is 0.254 e. The lowest BCUT2D eigenvalue weighted by molar-refractivity contribution is 0.0673. The van der Waals surface area contributed by atoms with Gasteiger partial charge in [-0.1, -0.05) is 6.07 Å². The van der Waals surface area contributed by atoms with Gasteiger partial charge in [-0.2, -0.15) is 0 Å². The zero-order valence-electron chi connectivity index (χ0n) is 17.4. The van der Waals surface area contributed by atoms with Gasteiger partial charge in [0.1, 0.15) is 29.5 Å². The molecule has 31 heavy (non-hydrogen) atoms. The van der Waals surface area contributed by atoms with Gasteiger partial charge in [0.25, 0.3) is 5.91 Å². The van der Waals surface area contributed by atoms with E-state index in [2.05, 4.69) is 14.9 Å². The van der Waals surface area contributed by atoms with Gasteiger partial charge in [0.15, 0.2) is 0 Å². The fourth-order valence-electron chi connectivity index (χ4n) is 3.58. The number of hydrogen-bond donors (Lipinski definition) is 0. The summed E-state index contributed by atoms with van der Waals surface area (Å²) in [4.78, 5) is 25.2. The van der Waals surface area contributed by atoms with Crippen molar-refractivity contribution in [1.82, 2.24) is 14.9 Å². The number of halogens is 1. The molecule has 1 aliphatic heterocycles. The molecule has 1 fully saturated rings. The molecular weight excluding hydrogens is 399 g/mol. The van der Waals surface area contributed by atoms with Crippen molar-refractivity contribution in [3.63, 3.8) is 0 Å². The standard InChI is InChI=1S/C23H23FN4O3/c1-16-14-27(10-11-28(16)23(29)17-4-3-5-18(24)12-17)21-13-22(26-15-25-21)31-20-8-6-19(30-2)7-9-20/h3-9,12-13,15-16H,10-11,14H2,1-2H3/t16-/m1/s1. The topological polar surface area (TPSA) is 67.8 Å². The molecule has 1 saturated heterocycles. The predicted molar refractivity (Wildman–Crippen MR) is 114 cm³/mol. The van der Waals surface area contributed by atoms with Gasteiger partial charge in [0, 0.05) is 37.3 Å². The van der Waals surface area contributed by atoms with Crippen LogP contribution in [0.2, 0.25) is 0 Å². The number of anilines is 1. The molecule has 8 heteroatoms. The Morgan fingerprint density at radius 3 is 2.55 bits per heavy atom. The van der Waals surface area contributed by atoms with E-state index < -0.39 is 5.82 Å². The van der Waals surface area contributed by atoms with Gasteiger partial charge in [0.05, 0.1) is 7.11 Å². The summed E-state index contributed by atoms with van der Waals surface area (Å²) in [5.74, 6) is 1.96. The maximum Gasteiger partial charge on any atom is 0.254 e. The van der Waals surface area contributed by atoms with Crippen molar-refractivity contribution in [1.29, 1.82) is 0 Å². The highest BCUT2D eigenvalue weighted by molar-refractivity contribution is 5.94. The van der Waals surface area contributed by atoms with E-state index in [1.165, 1.54) is 18.5 Å². The Morgan fingerprint density at radius 2 is 1.84 bits per heavy atom. The zero-order chi connectivity index (χ0) is 21.8. The summed E-state index contributed by atoms with van der Waals surface area (Å²) in [6.07, 6.45) is 1.46. The van der Waals surface area contributed by atoms with Crippen LogP contribution in [0.3, 0.4) is 0 Å². The third-order valence-electron chi connectivity index (χ3n) is 5.19. The molecule has 0 bridgehead atoms. The first-order valence-electron chi connectivity index (χ1n) is 9.99. The Bertz CT molecular complexity index is 1060. The van der Waals surface area contributed by atoms with Crippen LogP contribution < -0.4 is 14.4 Å². The van der Waals surface area contributed by atoms with Crippen molar-refractivity contribution < 1.29 is 18.7 Å². The molecule has 1 aromatic heterocycles. The normalized spacial score (nSPS) is 16.2. The predicted octanol–water partition coefficient (Wildman–Crippen LogP) is 3.77. The van der Waals surface area contributed by atoms with Crippen LogP contribution in [0.15, 0.2) is 60.9 Å². The van der Waals surface area contributed by atoms with Crippen LogP contribution in [-0.4, -0.2) is 53.6 Å². The molecule has 2 heterocycles. The molecule has 3 aromatic rings. The second-order valence-electron chi connectivity index (χ2n) is 7.30. The van der Waals surface area contributed by atoms with Crippen molar-refractivity contribution in [2.45, 2.75) is 13.0 Å². The number of nitrogens with zero attached hydrogens (tertiary/aromatic N) is 4. The monoisotopic (exact) mass is 422 g/mol. The van der Waals surface area contributed by atoms with Gasteiger partial charge in [-0.15, -0.1) is 0 Å². The molecule has 4 rings (SSSR count). The number of aromatic nitrogens is 2. The maximum absolute atomic E-state index is 13.5. The molecule has 1 atom stereocenters. The molecule has 0 radical (unpaired) electrons. The summed E-state index contributed by atoms with van der Waals surface area (Å²) >= 11 is 0. The first-order chi connectivity index (χ1) is 15.0. The highest BCUT2D eigenvalue weighted by Crippen LogP contribution is 2.26. The van der Waals surface area contributed by atoms with Crippen LogP contribution in [0.25, 0.3) is 0 Å². The average Bonchev–Trinajstić information content (AvgIpc) is 2.79. The van der Waals surface area contributed by atoms with E-state index in [0.29, 0.717) is 36.8 Å². The molecular formula is C23H23FN4O3. The van der Waals surface area contributed by atoms with E-state index in [1.54, 1.807) is 42.3 Å². The summed E-state index contributed by atoms with van der Waals surface area (Å²) in [5.41, 5.74) is 0.359. The van der Waals surface area contributed by atoms with E-state index in [1.807, 2.05) is 19.1 Å². The molecule has 0 aliphatic carbocycles. The van der Waals surface area contributed by atoms with Crippen LogP contribution in [0.1, 0.15) is 17.3 Å². The van der Waals surface area contributed by atoms with Gasteiger partial charge in [0.2, 0.25) is 5.88 Å². The Kier molecular flexibility index (Phi) is 5.97. The van der Waals surface area contributed by atoms with E-state index in [4.69, 9.17) is 9.47 Å². The summed E-state index contributed by atoms with van der Waals surface area (Å²) < 4.78 is 24.5. The van der Waals surface area contributed by atoms with Gasteiger partial charge >= 0.3 is 0 Å². The minimum Gasteiger partial charge on any atom is -0.497 e. The molecule has 1 aliphatic rings. The molecule has 7 nitrogen and oxygen atoms in total. The molecule has 0 spiro atoms. The average molecular weight is 422 g/mol. The summed E-state index contributed by atoms with van der Waals surface area (Å²) in [6, 6.07) is 14.7. The fraction of sp³-hybridized carbons (Fsp3) is 0.261. The van der Waals surface area contributed by atoms with Gasteiger partial charge in [-0.05, 0) is 49.4 Å². The Balaban J connectivity index is 1.43. The summed E-state index contributed by atoms with van der Waals surface area (Å²) in [5, 5.41) is 0. The van der Waals surface area contributed by atoms with E-state index in [-0.39, 0.29) is 11.9 Å². The fourth-order valence-corrected chi connectivity index (χ4v) is 3.58. The van der Waals surface area contributed by atoms with Gasteiger partial charge in [-0.3, -0.25) is 4.79 Å². The lowest BCUT2D eigenvalue weighted by Gasteiger charge is -2.40. The molecule has 0 saturated carbocycles. The number of carbonyl (C=O) groups is 1. The minimum absolute atomic E-state index is 0.0644. The number of benzene rings is 2. The third kappa shape index (κ3) is 4.74. The van der Waals surface area contributed by atoms with E-state index >= 15 is 0 Å². The first-order valence-corrected chi connectivity index (χ1v) is 9.99. The van der Waals surface area contributed by atoms with Crippen LogP contribution in [0, 0.1) is 5.82 Å². The lowest BCUT2D eigenvalue weighted by Crippen LogP contribution is -2.54. The van der Waals surface area contributed by atoms with Crippen molar-refractivity contribution in [3.05, 3.63) is 72.3 Å². The highest BCUT2D eigenvalue weighted by atomic mass is 19.1. The van der Waals surface area contributed by atoms with Crippen LogP contribution >= 0.6 is 0 Å². The Morgan fingerprint density at radius 1 is 1.06 bits per heavy atom. The number of piperazine rings is 1. The van der Waals surface area contributed by atoms with Crippen LogP contribution in [-0.2, 0) is 0 Å². The first kappa shape index (κ1) is 20.6. The Hall–Kier alpha value is -3.68. The van der Waals surface area contributed by atoms with Crippen molar-refractivity contribution >= 4 is 11.7 Å². The minimum atomic E-state index is -0.414. The zero-order valence-corrected chi connectivity index (χ0v) is 17.4.